The van der Waals surface area contributed by atoms with Crippen molar-refractivity contribution in [2.75, 3.05) is 0 Å². The van der Waals surface area contributed by atoms with Crippen molar-refractivity contribution in [3.63, 3.8) is 0 Å². The Morgan fingerprint density at radius 2 is 1.56 bits per heavy atom. The summed E-state index contributed by atoms with van der Waals surface area (Å²) in [7, 11) is 0. The van der Waals surface area contributed by atoms with Crippen LogP contribution in [0, 0.1) is 0 Å². The SMILES string of the molecule is Oc1ccc(CC[AsH]c2ccccc2)cc1. The molecule has 2 aromatic rings. The fourth-order valence-corrected chi connectivity index (χ4v) is 3.94. The molecule has 1 nitrogen and oxygen atoms in total. The second kappa shape index (κ2) is 5.77. The first-order chi connectivity index (χ1) is 7.84. The number of phenolic OH excluding ortho intramolecular Hbond substituents is 1. The Hall–Kier alpha value is -1.20. The van der Waals surface area contributed by atoms with Crippen LogP contribution in [-0.4, -0.2) is 20.9 Å². The second-order valence-corrected chi connectivity index (χ2v) is 6.71. The third kappa shape index (κ3) is 3.43. The maximum absolute atomic E-state index is 9.17. The number of hydrogen-bond donors (Lipinski definition) is 1. The van der Waals surface area contributed by atoms with Crippen molar-refractivity contribution in [2.45, 2.75) is 11.6 Å². The third-order valence-corrected chi connectivity index (χ3v) is 5.06. The van der Waals surface area contributed by atoms with Gasteiger partial charge in [0, 0.05) is 0 Å². The zero-order chi connectivity index (χ0) is 11.2. The average Bonchev–Trinajstić information content (AvgIpc) is 2.33. The fourth-order valence-electron chi connectivity index (χ4n) is 1.57. The number of hydrogen-bond acceptors (Lipinski definition) is 1. The van der Waals surface area contributed by atoms with E-state index >= 15 is 0 Å². The van der Waals surface area contributed by atoms with Crippen molar-refractivity contribution < 1.29 is 5.11 Å². The molecule has 2 aromatic carbocycles. The molecule has 0 aromatic heterocycles. The van der Waals surface area contributed by atoms with E-state index in [-0.39, 0.29) is 15.8 Å². The summed E-state index contributed by atoms with van der Waals surface area (Å²) in [6.07, 6.45) is 1.12. The van der Waals surface area contributed by atoms with Crippen LogP contribution < -0.4 is 4.35 Å². The van der Waals surface area contributed by atoms with E-state index in [1.54, 1.807) is 12.1 Å². The van der Waals surface area contributed by atoms with Gasteiger partial charge in [-0.2, -0.15) is 0 Å². The van der Waals surface area contributed by atoms with Gasteiger partial charge in [-0.15, -0.1) is 0 Å². The average molecular weight is 274 g/mol. The van der Waals surface area contributed by atoms with Crippen LogP contribution in [0.5, 0.6) is 5.75 Å². The van der Waals surface area contributed by atoms with Gasteiger partial charge in [-0.3, -0.25) is 0 Å². The van der Waals surface area contributed by atoms with Crippen LogP contribution in [0.2, 0.25) is 5.21 Å². The fraction of sp³-hybridized carbons (Fsp3) is 0.143. The van der Waals surface area contributed by atoms with Gasteiger partial charge in [-0.25, -0.2) is 0 Å². The normalized spacial score (nSPS) is 11.0. The molecule has 0 heterocycles. The van der Waals surface area contributed by atoms with Crippen molar-refractivity contribution in [1.29, 1.82) is 0 Å². The van der Waals surface area contributed by atoms with Gasteiger partial charge >= 0.3 is 103 Å². The molecule has 1 atom stereocenters. The third-order valence-electron chi connectivity index (χ3n) is 2.45. The molecule has 16 heavy (non-hydrogen) atoms. The molecule has 0 radical (unpaired) electrons. The summed E-state index contributed by atoms with van der Waals surface area (Å²) in [6, 6.07) is 18.3. The van der Waals surface area contributed by atoms with E-state index in [0.717, 1.165) is 6.42 Å². The molecule has 0 aliphatic rings. The van der Waals surface area contributed by atoms with E-state index in [9.17, 15) is 0 Å². The molecular formula is C14H15AsO. The number of aryl methyl sites for hydroxylation is 1. The van der Waals surface area contributed by atoms with Gasteiger partial charge in [0.25, 0.3) is 0 Å². The summed E-state index contributed by atoms with van der Waals surface area (Å²) < 4.78 is 1.52. The molecule has 0 amide bonds. The van der Waals surface area contributed by atoms with Gasteiger partial charge in [0.05, 0.1) is 0 Å². The molecule has 1 N–H and O–H groups in total. The first-order valence-electron chi connectivity index (χ1n) is 5.41. The van der Waals surface area contributed by atoms with Gasteiger partial charge in [0.15, 0.2) is 0 Å². The van der Waals surface area contributed by atoms with Crippen LogP contribution in [0.1, 0.15) is 5.56 Å². The van der Waals surface area contributed by atoms with Crippen molar-refractivity contribution in [3.05, 3.63) is 60.2 Å². The van der Waals surface area contributed by atoms with Gasteiger partial charge in [-0.1, -0.05) is 0 Å². The van der Waals surface area contributed by atoms with E-state index in [1.807, 2.05) is 12.1 Å². The Morgan fingerprint density at radius 1 is 0.875 bits per heavy atom. The van der Waals surface area contributed by atoms with Crippen molar-refractivity contribution in [1.82, 2.24) is 0 Å². The summed E-state index contributed by atoms with van der Waals surface area (Å²) in [6.45, 7) is 0. The van der Waals surface area contributed by atoms with E-state index in [0.29, 0.717) is 5.75 Å². The summed E-state index contributed by atoms with van der Waals surface area (Å²) >= 11 is -0.00340. The number of rotatable bonds is 4. The predicted molar refractivity (Wildman–Crippen MR) is 69.8 cm³/mol. The Balaban J connectivity index is 1.82. The summed E-state index contributed by atoms with van der Waals surface area (Å²) in [4.78, 5) is 0. The molecular weight excluding hydrogens is 259 g/mol. The maximum atomic E-state index is 9.17. The molecule has 0 saturated carbocycles. The summed E-state index contributed by atoms with van der Waals surface area (Å²) in [5.74, 6) is 0.350. The zero-order valence-corrected chi connectivity index (χ0v) is 11.2. The Bertz CT molecular complexity index is 422. The topological polar surface area (TPSA) is 20.2 Å². The molecule has 0 bridgehead atoms. The summed E-state index contributed by atoms with van der Waals surface area (Å²) in [5.41, 5.74) is 1.32. The van der Waals surface area contributed by atoms with Gasteiger partial charge in [-0.05, 0) is 0 Å². The second-order valence-electron chi connectivity index (χ2n) is 3.71. The Labute approximate surface area is 103 Å². The van der Waals surface area contributed by atoms with E-state index in [2.05, 4.69) is 30.3 Å². The number of aromatic hydroxyl groups is 1. The molecule has 0 saturated heterocycles. The molecule has 82 valence electrons. The van der Waals surface area contributed by atoms with Gasteiger partial charge in [0.2, 0.25) is 0 Å². The molecule has 0 spiro atoms. The molecule has 2 rings (SSSR count). The van der Waals surface area contributed by atoms with Crippen LogP contribution in [0.3, 0.4) is 0 Å². The first kappa shape index (κ1) is 11.3. The van der Waals surface area contributed by atoms with Crippen molar-refractivity contribution in [2.24, 2.45) is 0 Å². The Morgan fingerprint density at radius 3 is 2.25 bits per heavy atom. The first-order valence-corrected chi connectivity index (χ1v) is 7.95. The van der Waals surface area contributed by atoms with Crippen molar-refractivity contribution >= 4 is 20.1 Å². The van der Waals surface area contributed by atoms with Crippen LogP contribution >= 0.6 is 0 Å². The van der Waals surface area contributed by atoms with E-state index < -0.39 is 0 Å². The Kier molecular flexibility index (Phi) is 4.07. The molecule has 0 aliphatic carbocycles. The monoisotopic (exact) mass is 274 g/mol. The predicted octanol–water partition coefficient (Wildman–Crippen LogP) is 2.11. The molecule has 0 fully saturated rings. The molecule has 0 aliphatic heterocycles. The van der Waals surface area contributed by atoms with Gasteiger partial charge in [0.1, 0.15) is 0 Å². The standard InChI is InChI=1S/C14H15AsO/c16-14-8-6-12(7-9-14)10-11-15-13-4-2-1-3-5-13/h1-9,15-16H,10-11H2. The van der Waals surface area contributed by atoms with Crippen LogP contribution in [0.25, 0.3) is 0 Å². The van der Waals surface area contributed by atoms with Crippen LogP contribution in [0.15, 0.2) is 54.6 Å². The van der Waals surface area contributed by atoms with Crippen molar-refractivity contribution in [3.8, 4) is 5.75 Å². The minimum atomic E-state index is -0.00340. The zero-order valence-electron chi connectivity index (χ0n) is 9.06. The van der Waals surface area contributed by atoms with Gasteiger partial charge < -0.3 is 0 Å². The van der Waals surface area contributed by atoms with Crippen LogP contribution in [0.4, 0.5) is 0 Å². The van der Waals surface area contributed by atoms with Crippen LogP contribution in [-0.2, 0) is 6.42 Å². The van der Waals surface area contributed by atoms with E-state index in [4.69, 9.17) is 5.11 Å². The molecule has 1 unspecified atom stereocenters. The quantitative estimate of drug-likeness (QED) is 0.847. The van der Waals surface area contributed by atoms with E-state index in [1.165, 1.54) is 15.1 Å². The number of benzene rings is 2. The summed E-state index contributed by atoms with van der Waals surface area (Å²) in [5, 5.41) is 10.4. The number of phenols is 1. The minimum absolute atomic E-state index is 0.00340. The molecule has 2 heteroatoms.